The summed E-state index contributed by atoms with van der Waals surface area (Å²) < 4.78 is 21.2. The molecule has 0 saturated carbocycles. The van der Waals surface area contributed by atoms with Gasteiger partial charge in [0.2, 0.25) is 0 Å². The number of aromatic nitrogens is 2. The van der Waals surface area contributed by atoms with Gasteiger partial charge in [0.05, 0.1) is 29.3 Å². The van der Waals surface area contributed by atoms with Crippen LogP contribution in [0, 0.1) is 13.8 Å². The van der Waals surface area contributed by atoms with Crippen molar-refractivity contribution in [2.75, 3.05) is 12.4 Å². The molecule has 4 aromatic rings. The van der Waals surface area contributed by atoms with Crippen LogP contribution in [-0.2, 0) is 23.5 Å². The van der Waals surface area contributed by atoms with E-state index in [2.05, 4.69) is 15.7 Å². The minimum Gasteiger partial charge on any atom is -0.609 e. The van der Waals surface area contributed by atoms with Crippen molar-refractivity contribution in [2.24, 2.45) is 5.84 Å². The fourth-order valence-corrected chi connectivity index (χ4v) is 6.12. The molecule has 0 saturated heterocycles. The molecule has 9 nitrogen and oxygen atoms in total. The minimum absolute atomic E-state index is 0.0695. The third-order valence-electron chi connectivity index (χ3n) is 6.31. The molecule has 1 unspecified atom stereocenters. The van der Waals surface area contributed by atoms with Crippen LogP contribution in [0.15, 0.2) is 53.7 Å². The molecule has 1 atom stereocenters. The molecule has 4 N–H and O–H groups in total. The lowest BCUT2D eigenvalue weighted by molar-refractivity contribution is 0.0940. The van der Waals surface area contributed by atoms with E-state index >= 15 is 0 Å². The van der Waals surface area contributed by atoms with Crippen LogP contribution in [0.25, 0.3) is 11.0 Å². The second kappa shape index (κ2) is 11.4. The lowest BCUT2D eigenvalue weighted by Crippen LogP contribution is -2.32. The Labute approximate surface area is 228 Å². The second-order valence-electron chi connectivity index (χ2n) is 8.61. The molecule has 3 aromatic carbocycles. The van der Waals surface area contributed by atoms with Gasteiger partial charge in [-0.25, -0.2) is 5.84 Å². The van der Waals surface area contributed by atoms with E-state index in [0.29, 0.717) is 39.2 Å². The number of methoxy groups -OCH3 is 1. The Morgan fingerprint density at radius 3 is 2.45 bits per heavy atom. The molecule has 0 aliphatic carbocycles. The van der Waals surface area contributed by atoms with Crippen LogP contribution >= 0.6 is 11.6 Å². The molecule has 38 heavy (non-hydrogen) atoms. The maximum absolute atomic E-state index is 13.7. The molecule has 0 fully saturated rings. The molecular formula is C27H28ClN5O4S. The Balaban J connectivity index is 1.76. The number of anilines is 1. The highest BCUT2D eigenvalue weighted by molar-refractivity contribution is 7.90. The smallest absolute Gasteiger partial charge is 0.324 e. The molecule has 0 aliphatic heterocycles. The van der Waals surface area contributed by atoms with Gasteiger partial charge in [0.25, 0.3) is 11.8 Å². The van der Waals surface area contributed by atoms with Crippen LogP contribution in [0.4, 0.5) is 5.69 Å². The number of nitrogens with two attached hydrogens (primary N) is 1. The number of rotatable bonds is 8. The summed E-state index contributed by atoms with van der Waals surface area (Å²) in [6.07, 6.45) is 0. The van der Waals surface area contributed by atoms with E-state index in [9.17, 15) is 14.1 Å². The summed E-state index contributed by atoms with van der Waals surface area (Å²) in [5, 5.41) is 3.86. The number of hydrazine groups is 1. The summed E-state index contributed by atoms with van der Waals surface area (Å²) in [4.78, 5) is 30.2. The first-order chi connectivity index (χ1) is 18.2. The van der Waals surface area contributed by atoms with E-state index < -0.39 is 23.0 Å². The molecular weight excluding hydrogens is 526 g/mol. The lowest BCUT2D eigenvalue weighted by Gasteiger charge is -2.20. The number of nitrogens with one attached hydrogen (secondary N) is 2. The van der Waals surface area contributed by atoms with Gasteiger partial charge < -0.3 is 14.6 Å². The number of fused-ring (bicyclic) bond motifs is 1. The zero-order valence-corrected chi connectivity index (χ0v) is 23.0. The zero-order chi connectivity index (χ0) is 27.6. The van der Waals surface area contributed by atoms with Crippen LogP contribution in [0.1, 0.15) is 44.3 Å². The predicted molar refractivity (Wildman–Crippen MR) is 149 cm³/mol. The first-order valence-corrected chi connectivity index (χ1v) is 13.5. The van der Waals surface area contributed by atoms with E-state index in [4.69, 9.17) is 22.2 Å². The lowest BCUT2D eigenvalue weighted by atomic mass is 10.0. The number of halogens is 1. The summed E-state index contributed by atoms with van der Waals surface area (Å²) in [6, 6.07) is 13.5. The SMILES string of the molecule is CCn1c([S+]([O-])Cc2c(NC(=O)c3ccccc3C(=O)NN)cc(C)c(OC)c2C)nc2cc(Cl)ccc21. The van der Waals surface area contributed by atoms with Gasteiger partial charge in [-0.05, 0) is 62.7 Å². The first-order valence-electron chi connectivity index (χ1n) is 11.8. The number of amides is 2. The number of hydrogen-bond acceptors (Lipinski definition) is 6. The third kappa shape index (κ3) is 5.21. The molecule has 11 heteroatoms. The zero-order valence-electron chi connectivity index (χ0n) is 21.4. The van der Waals surface area contributed by atoms with Crippen molar-refractivity contribution >= 4 is 51.3 Å². The van der Waals surface area contributed by atoms with Crippen molar-refractivity contribution in [3.63, 3.8) is 0 Å². The molecule has 0 spiro atoms. The molecule has 1 heterocycles. The Bertz CT molecular complexity index is 1540. The number of imidazole rings is 1. The number of nitrogens with zero attached hydrogens (tertiary/aromatic N) is 2. The van der Waals surface area contributed by atoms with Crippen LogP contribution < -0.4 is 21.3 Å². The fraction of sp³-hybridized carbons (Fsp3) is 0.222. The number of aryl methyl sites for hydroxylation is 2. The van der Waals surface area contributed by atoms with Crippen molar-refractivity contribution in [2.45, 2.75) is 38.2 Å². The van der Waals surface area contributed by atoms with Gasteiger partial charge in [0.15, 0.2) is 0 Å². The van der Waals surface area contributed by atoms with E-state index in [0.717, 1.165) is 16.6 Å². The Morgan fingerprint density at radius 2 is 1.82 bits per heavy atom. The highest BCUT2D eigenvalue weighted by atomic mass is 35.5. The van der Waals surface area contributed by atoms with Gasteiger partial charge in [-0.2, -0.15) is 4.98 Å². The van der Waals surface area contributed by atoms with Gasteiger partial charge in [-0.3, -0.25) is 19.6 Å². The molecule has 1 aromatic heterocycles. The molecule has 4 rings (SSSR count). The average Bonchev–Trinajstić information content (AvgIpc) is 3.28. The predicted octanol–water partition coefficient (Wildman–Crippen LogP) is 4.50. The maximum atomic E-state index is 13.7. The number of benzene rings is 3. The number of carbonyl (C=O) groups excluding carboxylic acids is 2. The van der Waals surface area contributed by atoms with Gasteiger partial charge in [-0.15, -0.1) is 0 Å². The maximum Gasteiger partial charge on any atom is 0.324 e. The van der Waals surface area contributed by atoms with E-state index in [1.165, 1.54) is 12.1 Å². The Morgan fingerprint density at radius 1 is 1.13 bits per heavy atom. The van der Waals surface area contributed by atoms with Gasteiger partial charge in [-0.1, -0.05) is 23.7 Å². The van der Waals surface area contributed by atoms with Gasteiger partial charge in [0.1, 0.15) is 11.5 Å². The van der Waals surface area contributed by atoms with Gasteiger partial charge in [0, 0.05) is 39.6 Å². The van der Waals surface area contributed by atoms with Crippen LogP contribution in [0.3, 0.4) is 0 Å². The first kappa shape index (κ1) is 27.5. The molecule has 0 bridgehead atoms. The largest absolute Gasteiger partial charge is 0.609 e. The minimum atomic E-state index is -1.57. The Kier molecular flexibility index (Phi) is 8.27. The standard InChI is InChI=1S/C27H28ClN5O4S/c1-5-33-23-11-10-17(28)13-22(23)31-27(33)38(36)14-20-16(3)24(37-4)15(2)12-21(20)30-25(34)18-8-6-7-9-19(18)26(35)32-29/h6-13H,5,14,29H2,1-4H3,(H,30,34)(H,32,35). The quantitative estimate of drug-likeness (QED) is 0.127. The third-order valence-corrected chi connectivity index (χ3v) is 7.81. The van der Waals surface area contributed by atoms with Crippen molar-refractivity contribution < 1.29 is 18.9 Å². The van der Waals surface area contributed by atoms with Crippen LogP contribution in [0.2, 0.25) is 5.02 Å². The normalized spacial score (nSPS) is 11.9. The second-order valence-corrected chi connectivity index (χ2v) is 10.4. The van der Waals surface area contributed by atoms with E-state index in [-0.39, 0.29) is 16.9 Å². The monoisotopic (exact) mass is 553 g/mol. The average molecular weight is 554 g/mol. The number of carbonyl (C=O) groups is 2. The fourth-order valence-electron chi connectivity index (χ4n) is 4.52. The molecule has 198 valence electrons. The Hall–Kier alpha value is -3.57. The summed E-state index contributed by atoms with van der Waals surface area (Å²) in [5.74, 6) is 4.91. The number of hydrogen-bond donors (Lipinski definition) is 3. The van der Waals surface area contributed by atoms with Crippen molar-refractivity contribution in [3.05, 3.63) is 81.4 Å². The molecule has 2 amide bonds. The van der Waals surface area contributed by atoms with Crippen molar-refractivity contribution in [1.82, 2.24) is 15.0 Å². The van der Waals surface area contributed by atoms with E-state index in [1.807, 2.05) is 31.4 Å². The number of ether oxygens (including phenoxy) is 1. The van der Waals surface area contributed by atoms with Crippen molar-refractivity contribution in [3.8, 4) is 5.75 Å². The highest BCUT2D eigenvalue weighted by Gasteiger charge is 2.27. The summed E-state index contributed by atoms with van der Waals surface area (Å²) in [7, 11) is 1.57. The molecule has 0 aliphatic rings. The molecule has 0 radical (unpaired) electrons. The topological polar surface area (TPSA) is 134 Å². The summed E-state index contributed by atoms with van der Waals surface area (Å²) >= 11 is 4.58. The summed E-state index contributed by atoms with van der Waals surface area (Å²) in [5.41, 5.74) is 6.46. The highest BCUT2D eigenvalue weighted by Crippen LogP contribution is 2.35. The summed E-state index contributed by atoms with van der Waals surface area (Å²) in [6.45, 7) is 6.24. The van der Waals surface area contributed by atoms with E-state index in [1.54, 1.807) is 37.4 Å². The van der Waals surface area contributed by atoms with Crippen LogP contribution in [-0.4, -0.2) is 33.0 Å². The number of nitrogen functional groups attached to an aromatic ring is 1. The van der Waals surface area contributed by atoms with Gasteiger partial charge >= 0.3 is 5.16 Å². The van der Waals surface area contributed by atoms with Crippen molar-refractivity contribution in [1.29, 1.82) is 0 Å². The van der Waals surface area contributed by atoms with Crippen LogP contribution in [0.5, 0.6) is 5.75 Å².